The molecule has 0 bridgehead atoms. The Balaban J connectivity index is 1.64. The molecule has 4 nitrogen and oxygen atoms in total. The Kier molecular flexibility index (Phi) is 5.39. The van der Waals surface area contributed by atoms with E-state index < -0.39 is 0 Å². The number of amides is 1. The fourth-order valence-electron chi connectivity index (χ4n) is 3.17. The predicted molar refractivity (Wildman–Crippen MR) is 94.3 cm³/mol. The molecule has 0 N–H and O–H groups in total. The summed E-state index contributed by atoms with van der Waals surface area (Å²) in [7, 11) is 0. The van der Waals surface area contributed by atoms with Crippen LogP contribution in [0.1, 0.15) is 31.4 Å². The second-order valence-electron chi connectivity index (χ2n) is 5.89. The third-order valence-electron chi connectivity index (χ3n) is 4.29. The van der Waals surface area contributed by atoms with Gasteiger partial charge in [0.25, 0.3) is 0 Å². The second kappa shape index (κ2) is 7.68. The number of nitrogens with zero attached hydrogens (tertiary/aromatic N) is 3. The highest BCUT2D eigenvalue weighted by Crippen LogP contribution is 2.36. The lowest BCUT2D eigenvalue weighted by molar-refractivity contribution is -0.133. The molecular formula is C18H23N3OS. The summed E-state index contributed by atoms with van der Waals surface area (Å²) in [6.07, 6.45) is 5.13. The summed E-state index contributed by atoms with van der Waals surface area (Å²) >= 11 is 1.96. The molecule has 2 aromatic rings. The fraction of sp³-hybridized carbons (Fsp3) is 0.444. The van der Waals surface area contributed by atoms with Crippen LogP contribution in [0.2, 0.25) is 0 Å². The van der Waals surface area contributed by atoms with Crippen LogP contribution in [0.4, 0.5) is 0 Å². The zero-order valence-corrected chi connectivity index (χ0v) is 14.3. The van der Waals surface area contributed by atoms with Crippen molar-refractivity contribution in [3.05, 3.63) is 54.4 Å². The van der Waals surface area contributed by atoms with E-state index in [0.717, 1.165) is 25.3 Å². The number of carbonyl (C=O) groups excluding carboxylic acids is 1. The van der Waals surface area contributed by atoms with Gasteiger partial charge in [-0.2, -0.15) is 16.9 Å². The maximum absolute atomic E-state index is 12.7. The maximum Gasteiger partial charge on any atom is 0.223 e. The number of rotatable bonds is 5. The molecular weight excluding hydrogens is 306 g/mol. The normalized spacial score (nSPS) is 21.3. The third kappa shape index (κ3) is 3.96. The van der Waals surface area contributed by atoms with Gasteiger partial charge >= 0.3 is 0 Å². The molecule has 1 aromatic carbocycles. The molecule has 1 saturated heterocycles. The fourth-order valence-corrected chi connectivity index (χ4v) is 4.33. The summed E-state index contributed by atoms with van der Waals surface area (Å²) in [6.45, 7) is 3.87. The Morgan fingerprint density at radius 1 is 1.30 bits per heavy atom. The van der Waals surface area contributed by atoms with E-state index in [4.69, 9.17) is 0 Å². The van der Waals surface area contributed by atoms with E-state index in [9.17, 15) is 4.79 Å². The minimum absolute atomic E-state index is 0.187. The molecule has 0 radical (unpaired) electrons. The van der Waals surface area contributed by atoms with Crippen LogP contribution in [0.5, 0.6) is 0 Å². The lowest BCUT2D eigenvalue weighted by Crippen LogP contribution is -2.43. The van der Waals surface area contributed by atoms with Crippen LogP contribution in [-0.2, 0) is 11.3 Å². The molecule has 1 aliphatic rings. The van der Waals surface area contributed by atoms with Crippen molar-refractivity contribution in [2.45, 2.75) is 37.6 Å². The van der Waals surface area contributed by atoms with E-state index in [1.807, 2.05) is 34.8 Å². The number of benzene rings is 1. The molecule has 1 aliphatic heterocycles. The van der Waals surface area contributed by atoms with E-state index in [1.165, 1.54) is 5.56 Å². The molecule has 2 heterocycles. The quantitative estimate of drug-likeness (QED) is 0.844. The van der Waals surface area contributed by atoms with Crippen molar-refractivity contribution in [1.29, 1.82) is 0 Å². The van der Waals surface area contributed by atoms with Crippen LogP contribution >= 0.6 is 11.8 Å². The number of aryl methyl sites for hydroxylation is 1. The van der Waals surface area contributed by atoms with Crippen LogP contribution in [0.15, 0.2) is 48.8 Å². The molecule has 1 fully saturated rings. The lowest BCUT2D eigenvalue weighted by atomic mass is 10.0. The first kappa shape index (κ1) is 16.1. The zero-order chi connectivity index (χ0) is 16.1. The van der Waals surface area contributed by atoms with Crippen LogP contribution in [-0.4, -0.2) is 38.1 Å². The highest BCUT2D eigenvalue weighted by Gasteiger charge is 2.32. The standard InChI is InChI=1S/C18H23N3OS/c1-15-18(16-7-3-2-4-8-16)21(13-14-23-15)17(22)9-5-11-20-12-6-10-19-20/h2-4,6-8,10,12,15,18H,5,9,11,13-14H2,1H3/t15-,18+/m1/s1. The van der Waals surface area contributed by atoms with Crippen LogP contribution in [0, 0.1) is 0 Å². The highest BCUT2D eigenvalue weighted by atomic mass is 32.2. The van der Waals surface area contributed by atoms with Crippen molar-refractivity contribution in [3.8, 4) is 0 Å². The van der Waals surface area contributed by atoms with Gasteiger partial charge in [-0.15, -0.1) is 0 Å². The monoisotopic (exact) mass is 329 g/mol. The molecule has 0 spiro atoms. The highest BCUT2D eigenvalue weighted by molar-refractivity contribution is 8.00. The predicted octanol–water partition coefficient (Wildman–Crippen LogP) is 3.37. The molecule has 0 unspecified atom stereocenters. The van der Waals surface area contributed by atoms with Crippen molar-refractivity contribution in [2.24, 2.45) is 0 Å². The lowest BCUT2D eigenvalue weighted by Gasteiger charge is -2.40. The van der Waals surface area contributed by atoms with E-state index in [2.05, 4.69) is 41.2 Å². The summed E-state index contributed by atoms with van der Waals surface area (Å²) in [5, 5.41) is 4.62. The average Bonchev–Trinajstić information content (AvgIpc) is 3.08. The van der Waals surface area contributed by atoms with Gasteiger partial charge in [0.2, 0.25) is 5.91 Å². The van der Waals surface area contributed by atoms with Gasteiger partial charge in [0, 0.05) is 42.9 Å². The first-order valence-corrected chi connectivity index (χ1v) is 9.24. The van der Waals surface area contributed by atoms with E-state index in [-0.39, 0.29) is 11.9 Å². The molecule has 1 amide bonds. The van der Waals surface area contributed by atoms with E-state index in [1.54, 1.807) is 6.20 Å². The Bertz CT molecular complexity index is 614. The van der Waals surface area contributed by atoms with Crippen LogP contribution in [0.3, 0.4) is 0 Å². The molecule has 122 valence electrons. The van der Waals surface area contributed by atoms with Crippen LogP contribution in [0.25, 0.3) is 0 Å². The molecule has 2 atom stereocenters. The summed E-state index contributed by atoms with van der Waals surface area (Å²) in [5.41, 5.74) is 1.24. The number of hydrogen-bond acceptors (Lipinski definition) is 3. The molecule has 23 heavy (non-hydrogen) atoms. The summed E-state index contributed by atoms with van der Waals surface area (Å²) in [6, 6.07) is 12.5. The van der Waals surface area contributed by atoms with Crippen molar-refractivity contribution >= 4 is 17.7 Å². The van der Waals surface area contributed by atoms with E-state index in [0.29, 0.717) is 11.7 Å². The second-order valence-corrected chi connectivity index (χ2v) is 7.38. The van der Waals surface area contributed by atoms with Gasteiger partial charge in [-0.25, -0.2) is 0 Å². The van der Waals surface area contributed by atoms with Gasteiger partial charge in [-0.1, -0.05) is 37.3 Å². The van der Waals surface area contributed by atoms with E-state index >= 15 is 0 Å². The van der Waals surface area contributed by atoms with Crippen molar-refractivity contribution < 1.29 is 4.79 Å². The number of aromatic nitrogens is 2. The van der Waals surface area contributed by atoms with Gasteiger partial charge in [-0.3, -0.25) is 9.48 Å². The van der Waals surface area contributed by atoms with Crippen molar-refractivity contribution in [3.63, 3.8) is 0 Å². The smallest absolute Gasteiger partial charge is 0.223 e. The molecule has 3 rings (SSSR count). The zero-order valence-electron chi connectivity index (χ0n) is 13.5. The number of carbonyl (C=O) groups is 1. The summed E-state index contributed by atoms with van der Waals surface area (Å²) in [4.78, 5) is 14.8. The third-order valence-corrected chi connectivity index (χ3v) is 5.49. The molecule has 0 aliphatic carbocycles. The van der Waals surface area contributed by atoms with Crippen molar-refractivity contribution in [2.75, 3.05) is 12.3 Å². The Morgan fingerprint density at radius 2 is 2.13 bits per heavy atom. The minimum atomic E-state index is 0.187. The van der Waals surface area contributed by atoms with Gasteiger partial charge in [0.05, 0.1) is 6.04 Å². The average molecular weight is 329 g/mol. The Morgan fingerprint density at radius 3 is 2.87 bits per heavy atom. The minimum Gasteiger partial charge on any atom is -0.334 e. The number of hydrogen-bond donors (Lipinski definition) is 0. The first-order valence-electron chi connectivity index (χ1n) is 8.19. The van der Waals surface area contributed by atoms with Gasteiger partial charge in [0.15, 0.2) is 0 Å². The molecule has 0 saturated carbocycles. The van der Waals surface area contributed by atoms with Gasteiger partial charge in [0.1, 0.15) is 0 Å². The van der Waals surface area contributed by atoms with Gasteiger partial charge < -0.3 is 4.90 Å². The van der Waals surface area contributed by atoms with Gasteiger partial charge in [-0.05, 0) is 18.1 Å². The summed E-state index contributed by atoms with van der Waals surface area (Å²) in [5.74, 6) is 1.29. The molecule has 1 aromatic heterocycles. The molecule has 5 heteroatoms. The van der Waals surface area contributed by atoms with Crippen molar-refractivity contribution in [1.82, 2.24) is 14.7 Å². The summed E-state index contributed by atoms with van der Waals surface area (Å²) < 4.78 is 1.89. The number of thioether (sulfide) groups is 1. The van der Waals surface area contributed by atoms with Crippen LogP contribution < -0.4 is 0 Å². The first-order chi connectivity index (χ1) is 11.3. The SMILES string of the molecule is C[C@H]1SCCN(C(=O)CCCn2cccn2)[C@@H]1c1ccccc1. The largest absolute Gasteiger partial charge is 0.334 e. The Hall–Kier alpha value is -1.75. The Labute approximate surface area is 141 Å². The topological polar surface area (TPSA) is 38.1 Å². The maximum atomic E-state index is 12.7.